The van der Waals surface area contributed by atoms with E-state index in [4.69, 9.17) is 18.9 Å². The van der Waals surface area contributed by atoms with Crippen LogP contribution in [0.5, 0.6) is 5.75 Å². The predicted octanol–water partition coefficient (Wildman–Crippen LogP) is 2.93. The van der Waals surface area contributed by atoms with Gasteiger partial charge in [-0.15, -0.1) is 0 Å². The minimum absolute atomic E-state index is 0.00366. The second kappa shape index (κ2) is 14.3. The average molecular weight is 606 g/mol. The molecule has 11 heteroatoms. The van der Waals surface area contributed by atoms with Gasteiger partial charge < -0.3 is 29.2 Å². The molecule has 0 saturated carbocycles. The Balaban J connectivity index is 1.54. The molecule has 232 valence electrons. The van der Waals surface area contributed by atoms with Gasteiger partial charge in [-0.3, -0.25) is 4.79 Å². The highest BCUT2D eigenvalue weighted by Gasteiger charge is 2.47. The third-order valence-corrected chi connectivity index (χ3v) is 9.68. The van der Waals surface area contributed by atoms with Crippen LogP contribution in [0.2, 0.25) is 0 Å². The normalized spacial score (nSPS) is 23.9. The molecule has 2 fully saturated rings. The van der Waals surface area contributed by atoms with E-state index >= 15 is 0 Å². The number of benzene rings is 2. The number of hydrogen-bond donors (Lipinski definition) is 2. The van der Waals surface area contributed by atoms with Crippen LogP contribution < -0.4 is 4.74 Å². The first-order valence-corrected chi connectivity index (χ1v) is 15.9. The van der Waals surface area contributed by atoms with Gasteiger partial charge in [0, 0.05) is 25.4 Å². The molecule has 0 unspecified atom stereocenters. The van der Waals surface area contributed by atoms with Crippen molar-refractivity contribution < 1.29 is 42.4 Å². The molecule has 2 aromatic carbocycles. The molecule has 10 nitrogen and oxygen atoms in total. The van der Waals surface area contributed by atoms with Gasteiger partial charge in [0.15, 0.2) is 6.29 Å². The molecule has 2 aliphatic heterocycles. The summed E-state index contributed by atoms with van der Waals surface area (Å²) in [6.07, 6.45) is -2.57. The summed E-state index contributed by atoms with van der Waals surface area (Å²) in [5.74, 6) is -0.977. The Kier molecular flexibility index (Phi) is 11.0. The third kappa shape index (κ3) is 8.09. The number of carbonyl (C=O) groups excluding carboxylic acids is 1. The van der Waals surface area contributed by atoms with Gasteiger partial charge in [0.25, 0.3) is 0 Å². The molecule has 42 heavy (non-hydrogen) atoms. The minimum atomic E-state index is -3.91. The van der Waals surface area contributed by atoms with Gasteiger partial charge in [-0.25, -0.2) is 8.42 Å². The maximum atomic E-state index is 13.6. The molecule has 2 aromatic rings. The molecule has 0 bridgehead atoms. The molecule has 4 rings (SSSR count). The maximum absolute atomic E-state index is 13.6. The van der Waals surface area contributed by atoms with E-state index in [2.05, 4.69) is 0 Å². The molecule has 0 aliphatic carbocycles. The fourth-order valence-electron chi connectivity index (χ4n) is 5.54. The zero-order valence-corrected chi connectivity index (χ0v) is 25.5. The van der Waals surface area contributed by atoms with Crippen LogP contribution in [-0.4, -0.2) is 86.9 Å². The highest BCUT2D eigenvalue weighted by Crippen LogP contribution is 2.34. The molecular weight excluding hydrogens is 562 g/mol. The van der Waals surface area contributed by atoms with Crippen molar-refractivity contribution in [2.45, 2.75) is 69.5 Å². The van der Waals surface area contributed by atoms with Crippen molar-refractivity contribution in [1.29, 1.82) is 0 Å². The minimum Gasteiger partial charge on any atom is -0.497 e. The summed E-state index contributed by atoms with van der Waals surface area (Å²) in [6.45, 7) is 6.19. The second-order valence-corrected chi connectivity index (χ2v) is 13.6. The zero-order chi connectivity index (χ0) is 30.4. The molecule has 2 aliphatic rings. The van der Waals surface area contributed by atoms with Crippen molar-refractivity contribution in [2.24, 2.45) is 17.8 Å². The number of fused-ring (bicyclic) bond motifs is 1. The average Bonchev–Trinajstić information content (AvgIpc) is 3.34. The number of nitrogens with zero attached hydrogens (tertiary/aromatic N) is 1. The first kappa shape index (κ1) is 32.4. The van der Waals surface area contributed by atoms with Crippen LogP contribution in [0.3, 0.4) is 0 Å². The van der Waals surface area contributed by atoms with E-state index in [1.807, 2.05) is 32.9 Å². The van der Waals surface area contributed by atoms with Crippen molar-refractivity contribution in [3.8, 4) is 5.75 Å². The molecule has 2 N–H and O–H groups in total. The van der Waals surface area contributed by atoms with Crippen LogP contribution in [0, 0.1) is 24.7 Å². The lowest BCUT2D eigenvalue weighted by molar-refractivity contribution is -0.199. The molecule has 6 atom stereocenters. The highest BCUT2D eigenvalue weighted by molar-refractivity contribution is 7.89. The maximum Gasteiger partial charge on any atom is 0.306 e. The molecule has 2 saturated heterocycles. The summed E-state index contributed by atoms with van der Waals surface area (Å²) in [7, 11) is -2.33. The Bertz CT molecular complexity index is 1260. The fraction of sp³-hybridized carbons (Fsp3) is 0.581. The van der Waals surface area contributed by atoms with E-state index < -0.39 is 52.4 Å². The zero-order valence-electron chi connectivity index (χ0n) is 24.7. The molecule has 0 amide bonds. The van der Waals surface area contributed by atoms with Gasteiger partial charge in [-0.2, -0.15) is 4.31 Å². The molecule has 2 heterocycles. The summed E-state index contributed by atoms with van der Waals surface area (Å²) >= 11 is 0. The third-order valence-electron chi connectivity index (χ3n) is 7.83. The summed E-state index contributed by atoms with van der Waals surface area (Å²) in [4.78, 5) is 13.4. The Morgan fingerprint density at radius 2 is 1.76 bits per heavy atom. The van der Waals surface area contributed by atoms with Crippen LogP contribution >= 0.6 is 0 Å². The monoisotopic (exact) mass is 605 g/mol. The topological polar surface area (TPSA) is 132 Å². The summed E-state index contributed by atoms with van der Waals surface area (Å²) in [5.41, 5.74) is 1.80. The molecule has 0 aromatic heterocycles. The first-order valence-electron chi connectivity index (χ1n) is 14.5. The van der Waals surface area contributed by atoms with Gasteiger partial charge in [-0.1, -0.05) is 43.7 Å². The number of aliphatic hydroxyl groups is 2. The van der Waals surface area contributed by atoms with Crippen LogP contribution in [0.15, 0.2) is 53.4 Å². The number of sulfonamides is 1. The van der Waals surface area contributed by atoms with Gasteiger partial charge >= 0.3 is 5.97 Å². The number of aliphatic hydroxyl groups excluding tert-OH is 2. The Hall–Kier alpha value is -2.54. The van der Waals surface area contributed by atoms with Crippen LogP contribution in [0.25, 0.3) is 0 Å². The lowest BCUT2D eigenvalue weighted by atomic mass is 9.90. The molecular formula is C31H43NO9S. The van der Waals surface area contributed by atoms with Gasteiger partial charge in [0.05, 0.1) is 49.8 Å². The van der Waals surface area contributed by atoms with E-state index in [1.54, 1.807) is 43.5 Å². The molecule has 0 radical (unpaired) electrons. The van der Waals surface area contributed by atoms with Gasteiger partial charge in [0.2, 0.25) is 10.0 Å². The quantitative estimate of drug-likeness (QED) is 0.331. The Morgan fingerprint density at radius 1 is 1.07 bits per heavy atom. The number of rotatable bonds is 13. The predicted molar refractivity (Wildman–Crippen MR) is 155 cm³/mol. The van der Waals surface area contributed by atoms with Crippen molar-refractivity contribution in [2.75, 3.05) is 33.4 Å². The van der Waals surface area contributed by atoms with Crippen LogP contribution in [-0.2, 0) is 35.4 Å². The standard InChI is InChI=1S/C31H43NO9S/c1-20(2)17-32(42(36,37)25-11-5-21(3)6-12-25)18-26(33)23(15-22-7-9-24(38-4)10-8-22)16-29(35)41-28-13-14-39-31-30(28)27(34)19-40-31/h5-12,20,23,26-28,30-31,33-34H,13-19H2,1-4H3/t23-,26-,27+,28+,30+,31+/m1/s1. The Morgan fingerprint density at radius 3 is 2.40 bits per heavy atom. The van der Waals surface area contributed by atoms with Crippen LogP contribution in [0.4, 0.5) is 0 Å². The first-order chi connectivity index (χ1) is 20.0. The largest absolute Gasteiger partial charge is 0.497 e. The fourth-order valence-corrected chi connectivity index (χ4v) is 7.17. The van der Waals surface area contributed by atoms with Crippen molar-refractivity contribution in [3.63, 3.8) is 0 Å². The van der Waals surface area contributed by atoms with Gasteiger partial charge in [-0.05, 0) is 49.1 Å². The van der Waals surface area contributed by atoms with Crippen LogP contribution in [0.1, 0.15) is 37.8 Å². The van der Waals surface area contributed by atoms with Crippen molar-refractivity contribution in [1.82, 2.24) is 4.31 Å². The number of aryl methyl sites for hydroxylation is 1. The van der Waals surface area contributed by atoms with E-state index in [9.17, 15) is 23.4 Å². The number of carbonyl (C=O) groups is 1. The van der Waals surface area contributed by atoms with E-state index in [0.29, 0.717) is 25.2 Å². The van der Waals surface area contributed by atoms with Gasteiger partial charge in [0.1, 0.15) is 11.9 Å². The number of ether oxygens (including phenoxy) is 4. The van der Waals surface area contributed by atoms with E-state index in [-0.39, 0.29) is 36.9 Å². The number of esters is 1. The number of methoxy groups -OCH3 is 1. The van der Waals surface area contributed by atoms with Crippen molar-refractivity contribution >= 4 is 16.0 Å². The lowest BCUT2D eigenvalue weighted by Crippen LogP contribution is -2.45. The molecule has 0 spiro atoms. The second-order valence-electron chi connectivity index (χ2n) is 11.6. The smallest absolute Gasteiger partial charge is 0.306 e. The highest BCUT2D eigenvalue weighted by atomic mass is 32.2. The Labute approximate surface area is 248 Å². The summed E-state index contributed by atoms with van der Waals surface area (Å²) in [6, 6.07) is 13.9. The van der Waals surface area contributed by atoms with E-state index in [1.165, 1.54) is 4.31 Å². The van der Waals surface area contributed by atoms with Crippen molar-refractivity contribution in [3.05, 3.63) is 59.7 Å². The summed E-state index contributed by atoms with van der Waals surface area (Å²) in [5, 5.41) is 21.9. The number of hydrogen-bond acceptors (Lipinski definition) is 9. The lowest BCUT2D eigenvalue weighted by Gasteiger charge is -2.34. The summed E-state index contributed by atoms with van der Waals surface area (Å²) < 4.78 is 50.7. The SMILES string of the molecule is COc1ccc(C[C@H](CC(=O)O[C@H]2CCO[C@H]3OC[C@H](O)[C@H]32)[C@H](O)CN(CC(C)C)S(=O)(=O)c2ccc(C)cc2)cc1. The van der Waals surface area contributed by atoms with E-state index in [0.717, 1.165) is 11.1 Å².